The molecule has 1 fully saturated rings. The number of rotatable bonds is 6. The van der Waals surface area contributed by atoms with Crippen molar-refractivity contribution in [1.29, 1.82) is 0 Å². The average molecular weight is 440 g/mol. The highest BCUT2D eigenvalue weighted by atomic mass is 127. The minimum absolute atomic E-state index is 0. The first-order valence-corrected chi connectivity index (χ1v) is 8.20. The van der Waals surface area contributed by atoms with Crippen LogP contribution in [-0.4, -0.2) is 62.7 Å². The molecular weight excluding hydrogens is 407 g/mol. The summed E-state index contributed by atoms with van der Waals surface area (Å²) in [6.45, 7) is 9.52. The number of likely N-dealkylation sites (tertiary alicyclic amines) is 1. The first-order valence-electron chi connectivity index (χ1n) is 8.20. The van der Waals surface area contributed by atoms with Crippen LogP contribution in [0.2, 0.25) is 0 Å². The molecule has 2 N–H and O–H groups in total. The van der Waals surface area contributed by atoms with Crippen molar-refractivity contribution in [2.75, 3.05) is 40.3 Å². The molecule has 0 radical (unpaired) electrons. The number of hydrogen-bond acceptors (Lipinski definition) is 3. The summed E-state index contributed by atoms with van der Waals surface area (Å²) in [5, 5.41) is 6.06. The lowest BCUT2D eigenvalue weighted by Gasteiger charge is -2.34. The molecule has 7 heteroatoms. The van der Waals surface area contributed by atoms with Crippen LogP contribution in [0.5, 0.6) is 0 Å². The Kier molecular flexibility index (Phi) is 10.8. The Hall–Kier alpha value is -0.570. The standard InChI is InChI=1S/C16H32N4O2.HI/c1-6-18-15(19-12-16(2,3)22-5)20-9-7-13(8-10-20)11-14(21)17-4;/h13H,6-12H2,1-5H3,(H,17,21)(H,18,19);1H. The number of hydrogen-bond donors (Lipinski definition) is 2. The molecule has 1 heterocycles. The van der Waals surface area contributed by atoms with E-state index in [1.807, 2.05) is 13.8 Å². The van der Waals surface area contributed by atoms with Crippen molar-refractivity contribution in [3.8, 4) is 0 Å². The summed E-state index contributed by atoms with van der Waals surface area (Å²) in [5.74, 6) is 1.57. The number of aliphatic imine (C=N–C) groups is 1. The zero-order chi connectivity index (χ0) is 16.6. The highest BCUT2D eigenvalue weighted by Gasteiger charge is 2.24. The number of nitrogens with zero attached hydrogens (tertiary/aromatic N) is 2. The zero-order valence-electron chi connectivity index (χ0n) is 15.1. The second kappa shape index (κ2) is 11.1. The Morgan fingerprint density at radius 2 is 1.96 bits per heavy atom. The molecule has 6 nitrogen and oxygen atoms in total. The normalized spacial score (nSPS) is 16.7. The number of nitrogens with one attached hydrogen (secondary N) is 2. The molecule has 1 rings (SSSR count). The lowest BCUT2D eigenvalue weighted by atomic mass is 9.93. The average Bonchev–Trinajstić information content (AvgIpc) is 2.52. The van der Waals surface area contributed by atoms with Crippen molar-refractivity contribution in [1.82, 2.24) is 15.5 Å². The maximum Gasteiger partial charge on any atom is 0.220 e. The predicted molar refractivity (Wildman–Crippen MR) is 105 cm³/mol. The third-order valence-corrected chi connectivity index (χ3v) is 4.16. The van der Waals surface area contributed by atoms with E-state index in [1.54, 1.807) is 14.2 Å². The van der Waals surface area contributed by atoms with Crippen molar-refractivity contribution in [3.05, 3.63) is 0 Å². The Labute approximate surface area is 157 Å². The van der Waals surface area contributed by atoms with Crippen molar-refractivity contribution in [2.24, 2.45) is 10.9 Å². The van der Waals surface area contributed by atoms with Gasteiger partial charge in [0.1, 0.15) is 0 Å². The number of carbonyl (C=O) groups excluding carboxylic acids is 1. The van der Waals surface area contributed by atoms with Gasteiger partial charge in [0, 0.05) is 40.2 Å². The van der Waals surface area contributed by atoms with Gasteiger partial charge in [0.15, 0.2) is 5.96 Å². The molecule has 0 saturated carbocycles. The molecule has 1 saturated heterocycles. The van der Waals surface area contributed by atoms with Gasteiger partial charge in [0.05, 0.1) is 12.1 Å². The summed E-state index contributed by atoms with van der Waals surface area (Å²) in [6.07, 6.45) is 2.70. The van der Waals surface area contributed by atoms with Crippen LogP contribution in [0, 0.1) is 5.92 Å². The van der Waals surface area contributed by atoms with Gasteiger partial charge in [0.2, 0.25) is 5.91 Å². The van der Waals surface area contributed by atoms with E-state index < -0.39 is 0 Å². The van der Waals surface area contributed by atoms with Gasteiger partial charge in [0.25, 0.3) is 0 Å². The number of guanidine groups is 1. The van der Waals surface area contributed by atoms with Gasteiger partial charge >= 0.3 is 0 Å². The van der Waals surface area contributed by atoms with E-state index in [4.69, 9.17) is 9.73 Å². The summed E-state index contributed by atoms with van der Waals surface area (Å²) in [4.78, 5) is 18.5. The highest BCUT2D eigenvalue weighted by Crippen LogP contribution is 2.20. The smallest absolute Gasteiger partial charge is 0.220 e. The molecule has 0 aliphatic carbocycles. The third kappa shape index (κ3) is 8.19. The van der Waals surface area contributed by atoms with E-state index >= 15 is 0 Å². The summed E-state index contributed by atoms with van der Waals surface area (Å²) >= 11 is 0. The molecule has 0 atom stereocenters. The number of carbonyl (C=O) groups is 1. The van der Waals surface area contributed by atoms with E-state index in [9.17, 15) is 4.79 Å². The summed E-state index contributed by atoms with van der Waals surface area (Å²) in [7, 11) is 3.41. The molecule has 0 aromatic heterocycles. The minimum atomic E-state index is -0.252. The predicted octanol–water partition coefficient (Wildman–Crippen LogP) is 1.84. The Morgan fingerprint density at radius 1 is 1.35 bits per heavy atom. The van der Waals surface area contributed by atoms with Crippen LogP contribution >= 0.6 is 24.0 Å². The summed E-state index contributed by atoms with van der Waals surface area (Å²) < 4.78 is 5.43. The van der Waals surface area contributed by atoms with Gasteiger partial charge in [-0.15, -0.1) is 24.0 Å². The topological polar surface area (TPSA) is 66.0 Å². The molecule has 0 aromatic rings. The Balaban J connectivity index is 0.00000484. The van der Waals surface area contributed by atoms with E-state index in [0.717, 1.165) is 38.4 Å². The fraction of sp³-hybridized carbons (Fsp3) is 0.875. The molecule has 0 spiro atoms. The second-order valence-electron chi connectivity index (χ2n) is 6.44. The van der Waals surface area contributed by atoms with E-state index in [0.29, 0.717) is 18.9 Å². The van der Waals surface area contributed by atoms with Crippen molar-refractivity contribution in [2.45, 2.75) is 45.6 Å². The number of piperidine rings is 1. The van der Waals surface area contributed by atoms with Crippen LogP contribution in [0.3, 0.4) is 0 Å². The molecule has 1 aliphatic heterocycles. The van der Waals surface area contributed by atoms with Crippen LogP contribution in [0.15, 0.2) is 4.99 Å². The van der Waals surface area contributed by atoms with E-state index in [1.165, 1.54) is 0 Å². The van der Waals surface area contributed by atoms with Crippen LogP contribution in [0.25, 0.3) is 0 Å². The molecule has 136 valence electrons. The van der Waals surface area contributed by atoms with Crippen molar-refractivity contribution < 1.29 is 9.53 Å². The maximum atomic E-state index is 11.5. The van der Waals surface area contributed by atoms with Crippen LogP contribution in [-0.2, 0) is 9.53 Å². The van der Waals surface area contributed by atoms with Crippen LogP contribution < -0.4 is 10.6 Å². The van der Waals surface area contributed by atoms with Crippen LogP contribution in [0.1, 0.15) is 40.0 Å². The molecule has 0 unspecified atom stereocenters. The fourth-order valence-electron chi connectivity index (χ4n) is 2.47. The number of amides is 1. The van der Waals surface area contributed by atoms with E-state index in [2.05, 4.69) is 22.5 Å². The molecule has 1 aliphatic rings. The number of halogens is 1. The summed E-state index contributed by atoms with van der Waals surface area (Å²) in [5.41, 5.74) is -0.252. The quantitative estimate of drug-likeness (QED) is 0.376. The maximum absolute atomic E-state index is 11.5. The van der Waals surface area contributed by atoms with Crippen molar-refractivity contribution >= 4 is 35.8 Å². The largest absolute Gasteiger partial charge is 0.377 e. The van der Waals surface area contributed by atoms with Gasteiger partial charge in [-0.25, -0.2) is 0 Å². The highest BCUT2D eigenvalue weighted by molar-refractivity contribution is 14.0. The number of methoxy groups -OCH3 is 1. The molecule has 1 amide bonds. The van der Waals surface area contributed by atoms with Gasteiger partial charge in [-0.05, 0) is 39.5 Å². The minimum Gasteiger partial charge on any atom is -0.377 e. The van der Waals surface area contributed by atoms with Gasteiger partial charge in [-0.1, -0.05) is 0 Å². The van der Waals surface area contributed by atoms with Crippen molar-refractivity contribution in [3.63, 3.8) is 0 Å². The third-order valence-electron chi connectivity index (χ3n) is 4.16. The monoisotopic (exact) mass is 440 g/mol. The number of ether oxygens (including phenoxy) is 1. The van der Waals surface area contributed by atoms with Gasteiger partial charge < -0.3 is 20.3 Å². The zero-order valence-corrected chi connectivity index (χ0v) is 17.5. The first-order chi connectivity index (χ1) is 10.4. The lowest BCUT2D eigenvalue weighted by molar-refractivity contribution is -0.121. The van der Waals surface area contributed by atoms with E-state index in [-0.39, 0.29) is 35.5 Å². The van der Waals surface area contributed by atoms with Crippen LogP contribution in [0.4, 0.5) is 0 Å². The Bertz CT molecular complexity index is 380. The molecule has 0 bridgehead atoms. The van der Waals surface area contributed by atoms with Gasteiger partial charge in [-0.3, -0.25) is 9.79 Å². The first kappa shape index (κ1) is 22.4. The summed E-state index contributed by atoms with van der Waals surface area (Å²) in [6, 6.07) is 0. The molecular formula is C16H33IN4O2. The fourth-order valence-corrected chi connectivity index (χ4v) is 2.47. The Morgan fingerprint density at radius 3 is 2.43 bits per heavy atom. The SMILES string of the molecule is CCNC(=NCC(C)(C)OC)N1CCC(CC(=O)NC)CC1.I. The molecule has 23 heavy (non-hydrogen) atoms. The molecule has 0 aromatic carbocycles. The lowest BCUT2D eigenvalue weighted by Crippen LogP contribution is -2.46. The van der Waals surface area contributed by atoms with Gasteiger partial charge in [-0.2, -0.15) is 0 Å². The second-order valence-corrected chi connectivity index (χ2v) is 6.44.